The normalized spacial score (nSPS) is 14.0. The zero-order valence-electron chi connectivity index (χ0n) is 13.2. The average Bonchev–Trinajstić information content (AvgIpc) is 3.36. The number of carbonyl (C=O) groups excluding carboxylic acids is 1. The third kappa shape index (κ3) is 3.26. The number of hydrogen-bond acceptors (Lipinski definition) is 6. The van der Waals surface area contributed by atoms with Crippen molar-refractivity contribution in [2.24, 2.45) is 0 Å². The van der Waals surface area contributed by atoms with Crippen LogP contribution in [0, 0.1) is 6.92 Å². The van der Waals surface area contributed by atoms with E-state index in [1.165, 1.54) is 11.8 Å². The van der Waals surface area contributed by atoms with Gasteiger partial charge in [0, 0.05) is 17.4 Å². The summed E-state index contributed by atoms with van der Waals surface area (Å²) < 4.78 is 4.94. The lowest BCUT2D eigenvalue weighted by molar-refractivity contribution is -0.113. The van der Waals surface area contributed by atoms with Crippen LogP contribution in [0.3, 0.4) is 0 Å². The second-order valence-electron chi connectivity index (χ2n) is 5.84. The second-order valence-corrected chi connectivity index (χ2v) is 6.80. The highest BCUT2D eigenvalue weighted by Gasteiger charge is 2.27. The van der Waals surface area contributed by atoms with Crippen molar-refractivity contribution in [1.82, 2.24) is 15.1 Å². The predicted octanol–water partition coefficient (Wildman–Crippen LogP) is 3.53. The molecule has 0 radical (unpaired) electrons. The molecule has 0 saturated heterocycles. The highest BCUT2D eigenvalue weighted by Crippen LogP contribution is 2.39. The summed E-state index contributed by atoms with van der Waals surface area (Å²) in [5.74, 6) is 2.59. The third-order valence-electron chi connectivity index (χ3n) is 3.76. The van der Waals surface area contributed by atoms with Crippen LogP contribution in [-0.2, 0) is 4.79 Å². The molecule has 6 nitrogen and oxygen atoms in total. The average molecular weight is 340 g/mol. The fraction of sp³-hybridized carbons (Fsp3) is 0.294. The number of rotatable bonds is 5. The molecule has 3 aromatic rings. The molecule has 0 spiro atoms. The van der Waals surface area contributed by atoms with Crippen LogP contribution in [0.5, 0.6) is 0 Å². The van der Waals surface area contributed by atoms with E-state index < -0.39 is 0 Å². The van der Waals surface area contributed by atoms with E-state index in [2.05, 4.69) is 20.4 Å². The number of para-hydroxylation sites is 1. The Hall–Kier alpha value is -2.41. The number of thioether (sulfide) groups is 1. The summed E-state index contributed by atoms with van der Waals surface area (Å²) in [6.45, 7) is 1.78. The fourth-order valence-corrected chi connectivity index (χ4v) is 3.26. The van der Waals surface area contributed by atoms with Crippen molar-refractivity contribution in [3.05, 3.63) is 41.9 Å². The first-order valence-electron chi connectivity index (χ1n) is 7.82. The van der Waals surface area contributed by atoms with Crippen LogP contribution in [0.4, 0.5) is 5.82 Å². The van der Waals surface area contributed by atoms with Crippen LogP contribution in [0.2, 0.25) is 0 Å². The summed E-state index contributed by atoms with van der Waals surface area (Å²) in [6, 6.07) is 9.61. The predicted molar refractivity (Wildman–Crippen MR) is 92.1 cm³/mol. The standard InChI is InChI=1S/C17H16N4O2S/c1-10-8-14(21-23-10)19-15(22)9-24-17-12-4-2-3-5-13(12)18-16(20-17)11-6-7-11/h2-5,8,11H,6-7,9H2,1H3,(H,19,21,22). The molecule has 1 fully saturated rings. The van der Waals surface area contributed by atoms with Crippen LogP contribution in [-0.4, -0.2) is 26.8 Å². The number of fused-ring (bicyclic) bond motifs is 1. The topological polar surface area (TPSA) is 80.9 Å². The van der Waals surface area contributed by atoms with E-state index in [1.807, 2.05) is 24.3 Å². The van der Waals surface area contributed by atoms with E-state index in [-0.39, 0.29) is 11.7 Å². The monoisotopic (exact) mass is 340 g/mol. The molecule has 122 valence electrons. The Kier molecular flexibility index (Phi) is 3.93. The highest BCUT2D eigenvalue weighted by molar-refractivity contribution is 8.00. The molecule has 2 aromatic heterocycles. The number of aryl methyl sites for hydroxylation is 1. The minimum atomic E-state index is -0.135. The van der Waals surface area contributed by atoms with Gasteiger partial charge < -0.3 is 9.84 Å². The van der Waals surface area contributed by atoms with Gasteiger partial charge in [-0.2, -0.15) is 0 Å². The lowest BCUT2D eigenvalue weighted by Crippen LogP contribution is -2.14. The number of carbonyl (C=O) groups is 1. The number of nitrogens with one attached hydrogen (secondary N) is 1. The summed E-state index contributed by atoms with van der Waals surface area (Å²) >= 11 is 1.42. The van der Waals surface area contributed by atoms with Crippen LogP contribution >= 0.6 is 11.8 Å². The molecule has 1 aliphatic rings. The maximum absolute atomic E-state index is 12.1. The Labute approximate surface area is 143 Å². The minimum absolute atomic E-state index is 0.135. The number of aromatic nitrogens is 3. The maximum atomic E-state index is 12.1. The van der Waals surface area contributed by atoms with E-state index in [0.717, 1.165) is 34.6 Å². The summed E-state index contributed by atoms with van der Waals surface area (Å²) in [5.41, 5.74) is 0.935. The number of benzene rings is 1. The molecule has 1 aliphatic carbocycles. The molecule has 0 unspecified atom stereocenters. The van der Waals surface area contributed by atoms with Gasteiger partial charge in [0.2, 0.25) is 5.91 Å². The third-order valence-corrected chi connectivity index (χ3v) is 4.75. The van der Waals surface area contributed by atoms with Gasteiger partial charge in [0.15, 0.2) is 5.82 Å². The van der Waals surface area contributed by atoms with Crippen LogP contribution in [0.25, 0.3) is 10.9 Å². The second kappa shape index (κ2) is 6.24. The fourth-order valence-electron chi connectivity index (χ4n) is 2.44. The van der Waals surface area contributed by atoms with Crippen LogP contribution in [0.1, 0.15) is 30.3 Å². The Morgan fingerprint density at radius 3 is 2.92 bits per heavy atom. The molecule has 1 aromatic carbocycles. The van der Waals surface area contributed by atoms with Gasteiger partial charge in [0.1, 0.15) is 16.6 Å². The zero-order valence-corrected chi connectivity index (χ0v) is 14.0. The smallest absolute Gasteiger partial charge is 0.236 e. The zero-order chi connectivity index (χ0) is 16.5. The van der Waals surface area contributed by atoms with Crippen molar-refractivity contribution in [3.8, 4) is 0 Å². The number of amides is 1. The molecule has 24 heavy (non-hydrogen) atoms. The molecule has 7 heteroatoms. The van der Waals surface area contributed by atoms with E-state index in [4.69, 9.17) is 4.52 Å². The Balaban J connectivity index is 1.52. The molecule has 0 aliphatic heterocycles. The maximum Gasteiger partial charge on any atom is 0.236 e. The van der Waals surface area contributed by atoms with Crippen molar-refractivity contribution < 1.29 is 9.32 Å². The van der Waals surface area contributed by atoms with Crippen molar-refractivity contribution in [3.63, 3.8) is 0 Å². The van der Waals surface area contributed by atoms with Crippen LogP contribution < -0.4 is 5.32 Å². The van der Waals surface area contributed by atoms with E-state index in [9.17, 15) is 4.79 Å². The van der Waals surface area contributed by atoms with Gasteiger partial charge in [-0.3, -0.25) is 4.79 Å². The van der Waals surface area contributed by atoms with Crippen LogP contribution in [0.15, 0.2) is 39.9 Å². The lowest BCUT2D eigenvalue weighted by atomic mass is 10.2. The van der Waals surface area contributed by atoms with Gasteiger partial charge >= 0.3 is 0 Å². The number of anilines is 1. The van der Waals surface area contributed by atoms with E-state index in [0.29, 0.717) is 17.5 Å². The molecule has 2 heterocycles. The number of nitrogens with zero attached hydrogens (tertiary/aromatic N) is 3. The summed E-state index contributed by atoms with van der Waals surface area (Å²) in [4.78, 5) is 21.4. The van der Waals surface area contributed by atoms with Gasteiger partial charge in [-0.1, -0.05) is 35.1 Å². The van der Waals surface area contributed by atoms with Crippen molar-refractivity contribution in [2.45, 2.75) is 30.7 Å². The van der Waals surface area contributed by atoms with E-state index >= 15 is 0 Å². The lowest BCUT2D eigenvalue weighted by Gasteiger charge is -2.07. The molecule has 1 saturated carbocycles. The molecule has 1 amide bonds. The molecule has 0 bridgehead atoms. The first-order chi connectivity index (χ1) is 11.7. The van der Waals surface area contributed by atoms with Gasteiger partial charge in [-0.15, -0.1) is 0 Å². The Morgan fingerprint density at radius 1 is 1.33 bits per heavy atom. The molecular formula is C17H16N4O2S. The molecular weight excluding hydrogens is 324 g/mol. The number of hydrogen-bond donors (Lipinski definition) is 1. The summed E-state index contributed by atoms with van der Waals surface area (Å²) in [5, 5.41) is 8.33. The molecule has 0 atom stereocenters. The highest BCUT2D eigenvalue weighted by atomic mass is 32.2. The Bertz CT molecular complexity index is 904. The summed E-state index contributed by atoms with van der Waals surface area (Å²) in [7, 11) is 0. The van der Waals surface area contributed by atoms with E-state index in [1.54, 1.807) is 13.0 Å². The quantitative estimate of drug-likeness (QED) is 0.565. The van der Waals surface area contributed by atoms with Gasteiger partial charge in [-0.05, 0) is 25.8 Å². The van der Waals surface area contributed by atoms with Crippen molar-refractivity contribution >= 4 is 34.4 Å². The SMILES string of the molecule is Cc1cc(NC(=O)CSc2nc(C3CC3)nc3ccccc23)no1. The van der Waals surface area contributed by atoms with Crippen molar-refractivity contribution in [1.29, 1.82) is 0 Å². The van der Waals surface area contributed by atoms with Gasteiger partial charge in [-0.25, -0.2) is 9.97 Å². The van der Waals surface area contributed by atoms with Gasteiger partial charge in [0.25, 0.3) is 0 Å². The minimum Gasteiger partial charge on any atom is -0.360 e. The molecule has 4 rings (SSSR count). The first-order valence-corrected chi connectivity index (χ1v) is 8.80. The van der Waals surface area contributed by atoms with Gasteiger partial charge in [0.05, 0.1) is 11.3 Å². The van der Waals surface area contributed by atoms with Crippen molar-refractivity contribution in [2.75, 3.05) is 11.1 Å². The summed E-state index contributed by atoms with van der Waals surface area (Å²) in [6.07, 6.45) is 2.29. The first kappa shape index (κ1) is 15.1. The Morgan fingerprint density at radius 2 is 2.17 bits per heavy atom. The molecule has 1 N–H and O–H groups in total. The largest absolute Gasteiger partial charge is 0.360 e.